The smallest absolute Gasteiger partial charge is 0.341 e. The van der Waals surface area contributed by atoms with Gasteiger partial charge in [-0.25, -0.2) is 14.8 Å². The first-order chi connectivity index (χ1) is 8.94. The molecule has 0 saturated carbocycles. The first kappa shape index (κ1) is 14.0. The van der Waals surface area contributed by atoms with Crippen LogP contribution in [0.5, 0.6) is 0 Å². The van der Waals surface area contributed by atoms with Gasteiger partial charge in [-0.05, 0) is 13.2 Å². The molecule has 0 radical (unpaired) electrons. The van der Waals surface area contributed by atoms with Crippen LogP contribution in [0.3, 0.4) is 0 Å². The van der Waals surface area contributed by atoms with Gasteiger partial charge in [0, 0.05) is 6.20 Å². The number of nitrogens with zero attached hydrogens (tertiary/aromatic N) is 2. The third-order valence-electron chi connectivity index (χ3n) is 2.92. The van der Waals surface area contributed by atoms with E-state index < -0.39 is 17.6 Å². The molecule has 1 aliphatic rings. The molecule has 1 aromatic heterocycles. The maximum atomic E-state index is 11.1. The van der Waals surface area contributed by atoms with Crippen molar-refractivity contribution in [1.82, 2.24) is 9.97 Å². The summed E-state index contributed by atoms with van der Waals surface area (Å²) >= 11 is 1.31. The highest BCUT2D eigenvalue weighted by Crippen LogP contribution is 2.24. The summed E-state index contributed by atoms with van der Waals surface area (Å²) in [5, 5.41) is 22.6. The Morgan fingerprint density at radius 2 is 2.42 bits per heavy atom. The zero-order valence-electron chi connectivity index (χ0n) is 10.6. The number of ether oxygens (including phenoxy) is 1. The van der Waals surface area contributed by atoms with Crippen molar-refractivity contribution < 1.29 is 19.7 Å². The molecule has 1 saturated heterocycles. The number of aliphatic hydroxyl groups is 1. The van der Waals surface area contributed by atoms with Crippen molar-refractivity contribution in [3.8, 4) is 0 Å². The predicted octanol–water partition coefficient (Wildman–Crippen LogP) is 0.458. The molecule has 2 rings (SSSR count). The van der Waals surface area contributed by atoms with Gasteiger partial charge >= 0.3 is 5.97 Å². The lowest BCUT2D eigenvalue weighted by Gasteiger charge is -2.25. The number of hydrogen-bond acceptors (Lipinski definition) is 7. The molecule has 0 aromatic carbocycles. The number of anilines is 1. The van der Waals surface area contributed by atoms with Gasteiger partial charge in [-0.1, -0.05) is 11.8 Å². The minimum Gasteiger partial charge on any atom is -0.477 e. The van der Waals surface area contributed by atoms with Gasteiger partial charge in [-0.15, -0.1) is 0 Å². The molecule has 3 N–H and O–H groups in total. The highest BCUT2D eigenvalue weighted by molar-refractivity contribution is 7.98. The van der Waals surface area contributed by atoms with Crippen LogP contribution in [0.4, 0.5) is 5.82 Å². The van der Waals surface area contributed by atoms with Crippen molar-refractivity contribution in [2.24, 2.45) is 0 Å². The van der Waals surface area contributed by atoms with Gasteiger partial charge in [0.2, 0.25) is 0 Å². The third kappa shape index (κ3) is 2.96. The lowest BCUT2D eigenvalue weighted by atomic mass is 10.0. The number of nitrogens with one attached hydrogen (secondary N) is 1. The number of aromatic carboxylic acids is 1. The highest BCUT2D eigenvalue weighted by Gasteiger charge is 2.38. The zero-order valence-corrected chi connectivity index (χ0v) is 11.4. The Balaban J connectivity index is 2.29. The molecular formula is C11H15N3O4S. The normalized spacial score (nSPS) is 26.4. The largest absolute Gasteiger partial charge is 0.477 e. The Hall–Kier alpha value is -1.38. The van der Waals surface area contributed by atoms with Crippen LogP contribution in [0.15, 0.2) is 11.4 Å². The van der Waals surface area contributed by atoms with E-state index in [1.54, 1.807) is 13.2 Å². The van der Waals surface area contributed by atoms with E-state index in [4.69, 9.17) is 9.84 Å². The molecule has 2 unspecified atom stereocenters. The number of carbonyl (C=O) groups is 1. The van der Waals surface area contributed by atoms with Gasteiger partial charge < -0.3 is 20.3 Å². The lowest BCUT2D eigenvalue weighted by molar-refractivity contribution is 0.0388. The van der Waals surface area contributed by atoms with Gasteiger partial charge in [0.1, 0.15) is 17.0 Å². The first-order valence-corrected chi connectivity index (χ1v) is 6.87. The first-order valence-electron chi connectivity index (χ1n) is 5.65. The summed E-state index contributed by atoms with van der Waals surface area (Å²) in [6.07, 6.45) is 3.06. The molecule has 2 atom stereocenters. The van der Waals surface area contributed by atoms with E-state index in [1.165, 1.54) is 18.0 Å². The number of thioether (sulfide) groups is 1. The van der Waals surface area contributed by atoms with Crippen LogP contribution in [-0.4, -0.2) is 57.3 Å². The second-order valence-electron chi connectivity index (χ2n) is 4.49. The Bertz CT molecular complexity index is 495. The van der Waals surface area contributed by atoms with Gasteiger partial charge in [-0.3, -0.25) is 0 Å². The van der Waals surface area contributed by atoms with Crippen LogP contribution in [0.1, 0.15) is 17.3 Å². The quantitative estimate of drug-likeness (QED) is 0.541. The second-order valence-corrected chi connectivity index (χ2v) is 5.27. The van der Waals surface area contributed by atoms with Crippen LogP contribution in [0.2, 0.25) is 0 Å². The number of aromatic nitrogens is 2. The Morgan fingerprint density at radius 1 is 1.68 bits per heavy atom. The summed E-state index contributed by atoms with van der Waals surface area (Å²) in [7, 11) is 0. The summed E-state index contributed by atoms with van der Waals surface area (Å²) in [6, 6.07) is -0.407. The van der Waals surface area contributed by atoms with Crippen molar-refractivity contribution in [1.29, 1.82) is 0 Å². The van der Waals surface area contributed by atoms with Gasteiger partial charge in [0.25, 0.3) is 0 Å². The Morgan fingerprint density at radius 3 is 2.95 bits per heavy atom. The monoisotopic (exact) mass is 285 g/mol. The molecule has 1 aromatic rings. The van der Waals surface area contributed by atoms with Gasteiger partial charge in [0.05, 0.1) is 19.3 Å². The van der Waals surface area contributed by atoms with Crippen LogP contribution in [0.25, 0.3) is 0 Å². The molecule has 7 nitrogen and oxygen atoms in total. The molecule has 8 heteroatoms. The van der Waals surface area contributed by atoms with Crippen LogP contribution in [0, 0.1) is 0 Å². The average Bonchev–Trinajstić information content (AvgIpc) is 2.68. The van der Waals surface area contributed by atoms with Crippen LogP contribution < -0.4 is 5.32 Å². The van der Waals surface area contributed by atoms with E-state index in [1.807, 2.05) is 0 Å². The maximum Gasteiger partial charge on any atom is 0.341 e. The fourth-order valence-electron chi connectivity index (χ4n) is 1.76. The number of hydrogen-bond donors (Lipinski definition) is 3. The van der Waals surface area contributed by atoms with Crippen molar-refractivity contribution in [3.05, 3.63) is 11.8 Å². The van der Waals surface area contributed by atoms with Crippen molar-refractivity contribution in [3.63, 3.8) is 0 Å². The minimum atomic E-state index is -1.12. The summed E-state index contributed by atoms with van der Waals surface area (Å²) < 4.78 is 5.19. The summed E-state index contributed by atoms with van der Waals surface area (Å²) in [5.74, 6) is -0.920. The van der Waals surface area contributed by atoms with E-state index in [-0.39, 0.29) is 18.0 Å². The number of carboxylic acids is 1. The molecule has 1 fully saturated rings. The van der Waals surface area contributed by atoms with E-state index >= 15 is 0 Å². The third-order valence-corrected chi connectivity index (χ3v) is 3.48. The maximum absolute atomic E-state index is 11.1. The molecule has 19 heavy (non-hydrogen) atoms. The van der Waals surface area contributed by atoms with Crippen molar-refractivity contribution >= 4 is 23.5 Å². The van der Waals surface area contributed by atoms with E-state index in [9.17, 15) is 9.90 Å². The molecular weight excluding hydrogens is 270 g/mol. The Kier molecular flexibility index (Phi) is 3.93. The van der Waals surface area contributed by atoms with Crippen LogP contribution >= 0.6 is 11.8 Å². The average molecular weight is 285 g/mol. The number of rotatable bonds is 4. The zero-order chi connectivity index (χ0) is 14.0. The summed E-state index contributed by atoms with van der Waals surface area (Å²) in [4.78, 5) is 19.2. The molecule has 2 heterocycles. The molecule has 0 amide bonds. The van der Waals surface area contributed by atoms with E-state index in [2.05, 4.69) is 15.3 Å². The SMILES string of the molecule is CSc1ncc(C(=O)O)c(NC2COCC2(C)O)n1. The number of carboxylic acid groups (broad SMARTS) is 1. The Labute approximate surface area is 114 Å². The minimum absolute atomic E-state index is 0.0273. The second kappa shape index (κ2) is 5.32. The molecule has 0 spiro atoms. The standard InChI is InChI=1S/C11H15N3O4S/c1-11(17)5-18-4-7(11)13-8-6(9(15)16)3-12-10(14-8)19-2/h3,7,17H,4-5H2,1-2H3,(H,15,16)(H,12,13,14). The van der Waals surface area contributed by atoms with Crippen molar-refractivity contribution in [2.45, 2.75) is 23.7 Å². The van der Waals surface area contributed by atoms with Crippen molar-refractivity contribution in [2.75, 3.05) is 24.8 Å². The fraction of sp³-hybridized carbons (Fsp3) is 0.545. The molecule has 0 aliphatic carbocycles. The molecule has 104 valence electrons. The van der Waals surface area contributed by atoms with Crippen LogP contribution in [-0.2, 0) is 4.74 Å². The molecule has 0 bridgehead atoms. The highest BCUT2D eigenvalue weighted by atomic mass is 32.2. The molecule has 1 aliphatic heterocycles. The summed E-state index contributed by atoms with van der Waals surface area (Å²) in [5.41, 5.74) is -1.08. The van der Waals surface area contributed by atoms with E-state index in [0.29, 0.717) is 11.8 Å². The van der Waals surface area contributed by atoms with Gasteiger partial charge in [0.15, 0.2) is 5.16 Å². The fourth-order valence-corrected chi connectivity index (χ4v) is 2.10. The van der Waals surface area contributed by atoms with E-state index in [0.717, 1.165) is 0 Å². The topological polar surface area (TPSA) is 105 Å². The summed E-state index contributed by atoms with van der Waals surface area (Å²) in [6.45, 7) is 2.13. The lowest BCUT2D eigenvalue weighted by Crippen LogP contribution is -2.43. The van der Waals surface area contributed by atoms with Gasteiger partial charge in [-0.2, -0.15) is 0 Å². The predicted molar refractivity (Wildman–Crippen MR) is 69.6 cm³/mol.